The lowest BCUT2D eigenvalue weighted by molar-refractivity contribution is 0.120. The molecule has 2 unspecified atom stereocenters. The molecule has 0 saturated carbocycles. The minimum Gasteiger partial charge on any atom is -0.393 e. The van der Waals surface area contributed by atoms with Crippen molar-refractivity contribution in [2.45, 2.75) is 90.3 Å². The van der Waals surface area contributed by atoms with Gasteiger partial charge in [0.1, 0.15) is 0 Å². The largest absolute Gasteiger partial charge is 0.393 e. The summed E-state index contributed by atoms with van der Waals surface area (Å²) in [6.07, 6.45) is 9.17. The third kappa shape index (κ3) is 17.5. The highest BCUT2D eigenvalue weighted by Gasteiger charge is 2.04. The first-order valence-electron chi connectivity index (χ1n) is 9.14. The normalized spacial score (nSPS) is 13.7. The second-order valence-electron chi connectivity index (χ2n) is 6.94. The number of ether oxygens (including phenoxy) is 1. The smallest absolute Gasteiger partial charge is 0.0577 e. The first-order valence-corrected chi connectivity index (χ1v) is 9.14. The van der Waals surface area contributed by atoms with E-state index in [-0.39, 0.29) is 12.2 Å². The van der Waals surface area contributed by atoms with Gasteiger partial charge in [0, 0.05) is 13.2 Å². The van der Waals surface area contributed by atoms with E-state index in [1.165, 1.54) is 0 Å². The predicted molar refractivity (Wildman–Crippen MR) is 98.6 cm³/mol. The van der Waals surface area contributed by atoms with Crippen molar-refractivity contribution in [3.05, 3.63) is 24.3 Å². The number of rotatable bonds is 16. The summed E-state index contributed by atoms with van der Waals surface area (Å²) < 4.78 is 5.62. The van der Waals surface area contributed by atoms with Crippen molar-refractivity contribution in [3.63, 3.8) is 0 Å². The van der Waals surface area contributed by atoms with Crippen molar-refractivity contribution in [2.75, 3.05) is 13.2 Å². The number of aliphatic hydroxyl groups is 2. The Morgan fingerprint density at radius 3 is 1.48 bits per heavy atom. The third-order valence-corrected chi connectivity index (χ3v) is 3.82. The molecule has 0 aromatic heterocycles. The molecule has 0 aliphatic rings. The predicted octanol–water partition coefficient (Wildman–Crippen LogP) is 4.78. The maximum atomic E-state index is 9.72. The molecule has 0 aromatic rings. The molecule has 3 nitrogen and oxygen atoms in total. The van der Waals surface area contributed by atoms with E-state index in [1.54, 1.807) is 0 Å². The van der Waals surface area contributed by atoms with E-state index in [0.717, 1.165) is 88.6 Å². The lowest BCUT2D eigenvalue weighted by atomic mass is 10.0. The third-order valence-electron chi connectivity index (χ3n) is 3.82. The standard InChI is InChI=1S/C20H38O3/c1-17(2)15-19(21)11-7-5-9-13-23-14-10-6-8-12-20(22)16-18(3)4/h19-22H,1,3,5-16H2,2,4H3. The molecule has 0 aliphatic heterocycles. The maximum Gasteiger partial charge on any atom is 0.0577 e. The van der Waals surface area contributed by atoms with E-state index in [9.17, 15) is 10.2 Å². The van der Waals surface area contributed by atoms with E-state index in [2.05, 4.69) is 13.2 Å². The first-order chi connectivity index (χ1) is 10.9. The lowest BCUT2D eigenvalue weighted by Crippen LogP contribution is -2.07. The molecule has 3 heteroatoms. The Labute approximate surface area is 143 Å². The fraction of sp³-hybridized carbons (Fsp3) is 0.800. The Balaban J connectivity index is 3.22. The first kappa shape index (κ1) is 22.4. The quantitative estimate of drug-likeness (QED) is 0.317. The highest BCUT2D eigenvalue weighted by molar-refractivity contribution is 4.90. The van der Waals surface area contributed by atoms with Crippen LogP contribution in [0.25, 0.3) is 0 Å². The van der Waals surface area contributed by atoms with Gasteiger partial charge >= 0.3 is 0 Å². The van der Waals surface area contributed by atoms with Crippen molar-refractivity contribution in [1.29, 1.82) is 0 Å². The van der Waals surface area contributed by atoms with Crippen LogP contribution in [0.3, 0.4) is 0 Å². The van der Waals surface area contributed by atoms with E-state index in [0.29, 0.717) is 0 Å². The van der Waals surface area contributed by atoms with E-state index >= 15 is 0 Å². The Hall–Kier alpha value is -0.640. The molecule has 136 valence electrons. The second-order valence-corrected chi connectivity index (χ2v) is 6.94. The van der Waals surface area contributed by atoms with Crippen LogP contribution in [0.2, 0.25) is 0 Å². The summed E-state index contributed by atoms with van der Waals surface area (Å²) in [5, 5.41) is 19.4. The van der Waals surface area contributed by atoms with E-state index < -0.39 is 0 Å². The highest BCUT2D eigenvalue weighted by atomic mass is 16.5. The van der Waals surface area contributed by atoms with Gasteiger partial charge in [-0.15, -0.1) is 13.2 Å². The number of hydrogen-bond donors (Lipinski definition) is 2. The molecule has 2 N–H and O–H groups in total. The lowest BCUT2D eigenvalue weighted by Gasteiger charge is -2.10. The molecule has 0 rings (SSSR count). The minimum absolute atomic E-state index is 0.228. The van der Waals surface area contributed by atoms with Crippen LogP contribution in [-0.2, 0) is 4.74 Å². The van der Waals surface area contributed by atoms with Gasteiger partial charge in [0.2, 0.25) is 0 Å². The van der Waals surface area contributed by atoms with Crippen LogP contribution in [0.5, 0.6) is 0 Å². The Morgan fingerprint density at radius 1 is 0.739 bits per heavy atom. The van der Waals surface area contributed by atoms with Crippen LogP contribution < -0.4 is 0 Å². The monoisotopic (exact) mass is 326 g/mol. The van der Waals surface area contributed by atoms with Crippen molar-refractivity contribution < 1.29 is 14.9 Å². The average Bonchev–Trinajstić information content (AvgIpc) is 2.43. The Morgan fingerprint density at radius 2 is 1.13 bits per heavy atom. The molecule has 0 aromatic carbocycles. The topological polar surface area (TPSA) is 49.7 Å². The van der Waals surface area contributed by atoms with Crippen molar-refractivity contribution in [2.24, 2.45) is 0 Å². The van der Waals surface area contributed by atoms with Gasteiger partial charge in [-0.25, -0.2) is 0 Å². The zero-order valence-electron chi connectivity index (χ0n) is 15.4. The van der Waals surface area contributed by atoms with Crippen LogP contribution in [-0.4, -0.2) is 35.6 Å². The maximum absolute atomic E-state index is 9.72. The van der Waals surface area contributed by atoms with E-state index in [4.69, 9.17) is 4.74 Å². The van der Waals surface area contributed by atoms with E-state index in [1.807, 2.05) is 13.8 Å². The fourth-order valence-electron chi connectivity index (χ4n) is 2.63. The van der Waals surface area contributed by atoms with Crippen LogP contribution in [0.15, 0.2) is 24.3 Å². The molecule has 0 spiro atoms. The minimum atomic E-state index is -0.228. The Kier molecular flexibility index (Phi) is 14.5. The Bertz CT molecular complexity index is 282. The molecule has 0 amide bonds. The van der Waals surface area contributed by atoms with Gasteiger partial charge in [-0.3, -0.25) is 0 Å². The van der Waals surface area contributed by atoms with Gasteiger partial charge in [-0.05, 0) is 52.4 Å². The summed E-state index contributed by atoms with van der Waals surface area (Å²) >= 11 is 0. The molecule has 0 radical (unpaired) electrons. The summed E-state index contributed by atoms with van der Waals surface area (Å²) in [4.78, 5) is 0. The van der Waals surface area contributed by atoms with Gasteiger partial charge < -0.3 is 14.9 Å². The SMILES string of the molecule is C=C(C)CC(O)CCCCCOCCCCCC(O)CC(=C)C. The van der Waals surface area contributed by atoms with Gasteiger partial charge in [-0.1, -0.05) is 36.8 Å². The van der Waals surface area contributed by atoms with Crippen LogP contribution in [0.4, 0.5) is 0 Å². The number of hydrogen-bond acceptors (Lipinski definition) is 3. The summed E-state index contributed by atoms with van der Waals surface area (Å²) in [6, 6.07) is 0. The van der Waals surface area contributed by atoms with Crippen molar-refractivity contribution in [1.82, 2.24) is 0 Å². The zero-order chi connectivity index (χ0) is 17.5. The van der Waals surface area contributed by atoms with Crippen LogP contribution in [0, 0.1) is 0 Å². The summed E-state index contributed by atoms with van der Waals surface area (Å²) in [7, 11) is 0. The zero-order valence-corrected chi connectivity index (χ0v) is 15.4. The van der Waals surface area contributed by atoms with Crippen molar-refractivity contribution in [3.8, 4) is 0 Å². The summed E-state index contributed by atoms with van der Waals surface area (Å²) in [5.41, 5.74) is 2.10. The van der Waals surface area contributed by atoms with Crippen LogP contribution >= 0.6 is 0 Å². The fourth-order valence-corrected chi connectivity index (χ4v) is 2.63. The molecular weight excluding hydrogens is 288 g/mol. The molecular formula is C20H38O3. The van der Waals surface area contributed by atoms with Gasteiger partial charge in [-0.2, -0.15) is 0 Å². The van der Waals surface area contributed by atoms with Gasteiger partial charge in [0.25, 0.3) is 0 Å². The molecule has 2 atom stereocenters. The van der Waals surface area contributed by atoms with Crippen molar-refractivity contribution >= 4 is 0 Å². The molecule has 0 aliphatic carbocycles. The highest BCUT2D eigenvalue weighted by Crippen LogP contribution is 2.12. The summed E-state index contributed by atoms with van der Waals surface area (Å²) in [6.45, 7) is 13.2. The average molecular weight is 327 g/mol. The van der Waals surface area contributed by atoms with Gasteiger partial charge in [0.05, 0.1) is 12.2 Å². The summed E-state index contributed by atoms with van der Waals surface area (Å²) in [5.74, 6) is 0. The molecule has 0 heterocycles. The molecule has 0 saturated heterocycles. The molecule has 23 heavy (non-hydrogen) atoms. The second kappa shape index (κ2) is 14.9. The molecule has 0 bridgehead atoms. The number of unbranched alkanes of at least 4 members (excludes halogenated alkanes) is 4. The number of aliphatic hydroxyl groups excluding tert-OH is 2. The molecule has 0 fully saturated rings. The van der Waals surface area contributed by atoms with Gasteiger partial charge in [0.15, 0.2) is 0 Å². The van der Waals surface area contributed by atoms with Crippen LogP contribution in [0.1, 0.15) is 78.1 Å².